The second kappa shape index (κ2) is 7.51. The van der Waals surface area contributed by atoms with Crippen LogP contribution in [-0.2, 0) is 0 Å². The van der Waals surface area contributed by atoms with E-state index in [-0.39, 0.29) is 0 Å². The predicted octanol–water partition coefficient (Wildman–Crippen LogP) is 8.31. The van der Waals surface area contributed by atoms with Crippen LogP contribution in [0.2, 0.25) is 0 Å². The number of aromatic nitrogens is 3. The fourth-order valence-corrected chi connectivity index (χ4v) is 5.53. The Morgan fingerprint density at radius 3 is 2.18 bits per heavy atom. The molecule has 2 heterocycles. The summed E-state index contributed by atoms with van der Waals surface area (Å²) >= 11 is 3.77. The highest BCUT2D eigenvalue weighted by molar-refractivity contribution is 9.10. The van der Waals surface area contributed by atoms with Gasteiger partial charge >= 0.3 is 0 Å². The van der Waals surface area contributed by atoms with Crippen LogP contribution in [0.25, 0.3) is 60.7 Å². The van der Waals surface area contributed by atoms with Crippen molar-refractivity contribution in [1.29, 1.82) is 0 Å². The maximum atomic E-state index is 5.20. The van der Waals surface area contributed by atoms with Crippen LogP contribution in [0.5, 0.6) is 0 Å². The van der Waals surface area contributed by atoms with Gasteiger partial charge in [0.05, 0.1) is 22.2 Å². The van der Waals surface area contributed by atoms with E-state index in [0.717, 1.165) is 43.1 Å². The molecule has 0 amide bonds. The summed E-state index contributed by atoms with van der Waals surface area (Å²) in [5.74, 6) is 0.673. The zero-order chi connectivity index (χ0) is 22.6. The van der Waals surface area contributed by atoms with Gasteiger partial charge < -0.3 is 0 Å². The molecule has 0 fully saturated rings. The number of fused-ring (bicyclic) bond motifs is 6. The predicted molar refractivity (Wildman–Crippen MR) is 145 cm³/mol. The summed E-state index contributed by atoms with van der Waals surface area (Å²) in [6.45, 7) is 0. The fraction of sp³-hybridized carbons (Fsp3) is 0. The van der Waals surface area contributed by atoms with Crippen molar-refractivity contribution in [1.82, 2.24) is 14.5 Å². The first-order valence-electron chi connectivity index (χ1n) is 11.2. The molecule has 5 aromatic carbocycles. The first-order chi connectivity index (χ1) is 16.8. The maximum Gasteiger partial charge on any atom is 0.235 e. The van der Waals surface area contributed by atoms with E-state index in [2.05, 4.69) is 124 Å². The topological polar surface area (TPSA) is 30.7 Å². The Kier molecular flexibility index (Phi) is 4.29. The molecule has 0 unspecified atom stereocenters. The van der Waals surface area contributed by atoms with Crippen LogP contribution in [0.4, 0.5) is 0 Å². The maximum absolute atomic E-state index is 5.20. The van der Waals surface area contributed by atoms with Gasteiger partial charge in [-0.25, -0.2) is 9.97 Å². The van der Waals surface area contributed by atoms with Gasteiger partial charge in [-0.3, -0.25) is 4.57 Å². The van der Waals surface area contributed by atoms with Crippen molar-refractivity contribution < 1.29 is 0 Å². The molecule has 0 spiro atoms. The van der Waals surface area contributed by atoms with Gasteiger partial charge in [-0.05, 0) is 29.7 Å². The van der Waals surface area contributed by atoms with Crippen LogP contribution in [0.1, 0.15) is 0 Å². The van der Waals surface area contributed by atoms with Gasteiger partial charge in [-0.15, -0.1) is 0 Å². The van der Waals surface area contributed by atoms with Gasteiger partial charge in [0, 0.05) is 31.6 Å². The fourth-order valence-electron chi connectivity index (χ4n) is 4.96. The van der Waals surface area contributed by atoms with E-state index in [0.29, 0.717) is 5.95 Å². The van der Waals surface area contributed by atoms with Crippen molar-refractivity contribution in [2.75, 3.05) is 0 Å². The molecule has 0 aliphatic heterocycles. The van der Waals surface area contributed by atoms with Gasteiger partial charge in [0.25, 0.3) is 0 Å². The average molecular weight is 500 g/mol. The van der Waals surface area contributed by atoms with Crippen LogP contribution in [-0.4, -0.2) is 14.5 Å². The smallest absolute Gasteiger partial charge is 0.235 e. The highest BCUT2D eigenvalue weighted by Gasteiger charge is 2.18. The molecule has 0 saturated heterocycles. The molecule has 0 bridgehead atoms. The Balaban J connectivity index is 1.68. The van der Waals surface area contributed by atoms with Crippen LogP contribution in [0.15, 0.2) is 114 Å². The molecule has 0 radical (unpaired) electrons. The van der Waals surface area contributed by atoms with Crippen molar-refractivity contribution in [2.45, 2.75) is 0 Å². The van der Waals surface area contributed by atoms with E-state index in [1.165, 1.54) is 16.2 Å². The quantitative estimate of drug-likeness (QED) is 0.224. The largest absolute Gasteiger partial charge is 0.278 e. The summed E-state index contributed by atoms with van der Waals surface area (Å²) in [7, 11) is 0. The molecule has 34 heavy (non-hydrogen) atoms. The summed E-state index contributed by atoms with van der Waals surface area (Å²) in [6.07, 6.45) is 0. The molecule has 4 heteroatoms. The van der Waals surface area contributed by atoms with Crippen molar-refractivity contribution >= 4 is 59.4 Å². The molecule has 2 aromatic heterocycles. The van der Waals surface area contributed by atoms with Crippen LogP contribution in [0.3, 0.4) is 0 Å². The second-order valence-corrected chi connectivity index (χ2v) is 9.26. The summed E-state index contributed by atoms with van der Waals surface area (Å²) in [5.41, 5.74) is 5.14. The summed E-state index contributed by atoms with van der Waals surface area (Å²) in [4.78, 5) is 10.4. The Morgan fingerprint density at radius 2 is 1.29 bits per heavy atom. The molecule has 160 valence electrons. The van der Waals surface area contributed by atoms with Gasteiger partial charge in [0.1, 0.15) is 0 Å². The zero-order valence-corrected chi connectivity index (χ0v) is 19.7. The number of rotatable bonds is 2. The molecule has 0 aliphatic carbocycles. The van der Waals surface area contributed by atoms with Crippen molar-refractivity contribution in [3.05, 3.63) is 114 Å². The van der Waals surface area contributed by atoms with E-state index in [1.807, 2.05) is 6.07 Å². The molecule has 7 rings (SSSR count). The molecule has 0 saturated carbocycles. The lowest BCUT2D eigenvalue weighted by molar-refractivity contribution is 1.02. The molecular weight excluding hydrogens is 482 g/mol. The lowest BCUT2D eigenvalue weighted by atomic mass is 10.0. The van der Waals surface area contributed by atoms with E-state index in [4.69, 9.17) is 9.97 Å². The minimum absolute atomic E-state index is 0.673. The number of hydrogen-bond donors (Lipinski definition) is 0. The number of benzene rings is 5. The highest BCUT2D eigenvalue weighted by Crippen LogP contribution is 2.37. The third-order valence-corrected chi connectivity index (χ3v) is 7.13. The van der Waals surface area contributed by atoms with Gasteiger partial charge in [0.15, 0.2) is 0 Å². The second-order valence-electron chi connectivity index (χ2n) is 8.41. The first kappa shape index (κ1) is 19.4. The SMILES string of the molecule is Brc1cccc2c1c1ccccc1n2-c1nc(-c2ccccc2)c2ccc3ccccc3c2n1. The Hall–Kier alpha value is -4.02. The molecule has 3 nitrogen and oxygen atoms in total. The lowest BCUT2D eigenvalue weighted by Crippen LogP contribution is -2.03. The zero-order valence-electron chi connectivity index (χ0n) is 18.1. The Labute approximate surface area is 204 Å². The normalized spacial score (nSPS) is 11.7. The first-order valence-corrected chi connectivity index (χ1v) is 12.0. The van der Waals surface area contributed by atoms with Crippen molar-refractivity contribution in [2.24, 2.45) is 0 Å². The molecular formula is C30H18BrN3. The van der Waals surface area contributed by atoms with E-state index in [9.17, 15) is 0 Å². The summed E-state index contributed by atoms with van der Waals surface area (Å²) in [6, 6.07) is 37.8. The minimum atomic E-state index is 0.673. The Morgan fingerprint density at radius 1 is 0.559 bits per heavy atom. The van der Waals surface area contributed by atoms with Crippen LogP contribution >= 0.6 is 15.9 Å². The average Bonchev–Trinajstić information content (AvgIpc) is 3.24. The third kappa shape index (κ3) is 2.82. The van der Waals surface area contributed by atoms with Crippen molar-refractivity contribution in [3.63, 3.8) is 0 Å². The number of para-hydroxylation sites is 1. The summed E-state index contributed by atoms with van der Waals surface area (Å²) < 4.78 is 3.25. The number of hydrogen-bond acceptors (Lipinski definition) is 2. The third-order valence-electron chi connectivity index (χ3n) is 6.47. The molecule has 0 aliphatic rings. The highest BCUT2D eigenvalue weighted by atomic mass is 79.9. The van der Waals surface area contributed by atoms with Crippen LogP contribution in [0, 0.1) is 0 Å². The molecule has 0 N–H and O–H groups in total. The lowest BCUT2D eigenvalue weighted by Gasteiger charge is -2.13. The monoisotopic (exact) mass is 499 g/mol. The standard InChI is InChI=1S/C30H18BrN3/c31-24-14-8-16-26-27(24)22-13-6-7-15-25(22)34(26)30-32-28(20-10-2-1-3-11-20)23-18-17-19-9-4-5-12-21(19)29(23)33-30/h1-18H. The molecule has 7 aromatic rings. The van der Waals surface area contributed by atoms with Gasteiger partial charge in [-0.1, -0.05) is 101 Å². The van der Waals surface area contributed by atoms with E-state index >= 15 is 0 Å². The van der Waals surface area contributed by atoms with Gasteiger partial charge in [0.2, 0.25) is 5.95 Å². The molecule has 0 atom stereocenters. The summed E-state index contributed by atoms with van der Waals surface area (Å²) in [5, 5.41) is 5.69. The Bertz CT molecular complexity index is 1870. The van der Waals surface area contributed by atoms with Crippen LogP contribution < -0.4 is 0 Å². The minimum Gasteiger partial charge on any atom is -0.278 e. The van der Waals surface area contributed by atoms with E-state index in [1.54, 1.807) is 0 Å². The van der Waals surface area contributed by atoms with E-state index < -0.39 is 0 Å². The van der Waals surface area contributed by atoms with Crippen molar-refractivity contribution in [3.8, 4) is 17.2 Å². The number of halogens is 1. The number of nitrogens with zero attached hydrogens (tertiary/aromatic N) is 3. The van der Waals surface area contributed by atoms with Gasteiger partial charge in [-0.2, -0.15) is 0 Å².